The van der Waals surface area contributed by atoms with Gasteiger partial charge >= 0.3 is 0 Å². The zero-order chi connectivity index (χ0) is 20.2. The first-order valence-electron chi connectivity index (χ1n) is 11.5. The molecule has 3 heterocycles. The second-order valence-electron chi connectivity index (χ2n) is 8.94. The predicted molar refractivity (Wildman–Crippen MR) is 120 cm³/mol. The van der Waals surface area contributed by atoms with Gasteiger partial charge < -0.3 is 19.7 Å². The van der Waals surface area contributed by atoms with E-state index in [1.807, 2.05) is 6.07 Å². The lowest BCUT2D eigenvalue weighted by molar-refractivity contribution is 0.161. The largest absolute Gasteiger partial charge is 0.454 e. The van der Waals surface area contributed by atoms with Gasteiger partial charge in [-0.1, -0.05) is 30.3 Å². The normalized spacial score (nSPS) is 22.4. The summed E-state index contributed by atoms with van der Waals surface area (Å²) in [6.45, 7) is 7.24. The molecule has 3 aliphatic heterocycles. The molecule has 0 aromatic heterocycles. The molecule has 0 aliphatic carbocycles. The molecular formula is C25H33N3O2. The number of nitrogens with zero attached hydrogens (tertiary/aromatic N) is 2. The highest BCUT2D eigenvalue weighted by atomic mass is 16.7. The Morgan fingerprint density at radius 3 is 2.60 bits per heavy atom. The summed E-state index contributed by atoms with van der Waals surface area (Å²) in [6, 6.07) is 17.8. The van der Waals surface area contributed by atoms with Crippen LogP contribution in [0.4, 0.5) is 5.69 Å². The van der Waals surface area contributed by atoms with Gasteiger partial charge in [0.25, 0.3) is 0 Å². The number of hydrogen-bond donors (Lipinski definition) is 1. The second kappa shape index (κ2) is 9.27. The van der Waals surface area contributed by atoms with Gasteiger partial charge in [0.15, 0.2) is 11.5 Å². The van der Waals surface area contributed by atoms with Crippen LogP contribution in [0.3, 0.4) is 0 Å². The predicted octanol–water partition coefficient (Wildman–Crippen LogP) is 3.89. The summed E-state index contributed by atoms with van der Waals surface area (Å²) < 4.78 is 11.0. The highest BCUT2D eigenvalue weighted by Gasteiger charge is 2.24. The zero-order valence-electron chi connectivity index (χ0n) is 17.8. The number of rotatable bonds is 6. The Labute approximate surface area is 180 Å². The highest BCUT2D eigenvalue weighted by molar-refractivity contribution is 5.57. The number of hydrogen-bond acceptors (Lipinski definition) is 5. The molecule has 1 atom stereocenters. The summed E-state index contributed by atoms with van der Waals surface area (Å²) in [5.74, 6) is 2.52. The van der Waals surface area contributed by atoms with E-state index >= 15 is 0 Å². The van der Waals surface area contributed by atoms with Crippen molar-refractivity contribution in [2.45, 2.75) is 38.3 Å². The summed E-state index contributed by atoms with van der Waals surface area (Å²) in [5.41, 5.74) is 2.68. The number of likely N-dealkylation sites (tertiary alicyclic amines) is 1. The molecule has 2 aromatic carbocycles. The minimum absolute atomic E-state index is 0.342. The first kappa shape index (κ1) is 19.7. The van der Waals surface area contributed by atoms with Gasteiger partial charge in [-0.2, -0.15) is 0 Å². The van der Waals surface area contributed by atoms with Crippen LogP contribution in [0.1, 0.15) is 31.2 Å². The van der Waals surface area contributed by atoms with Crippen molar-refractivity contribution in [3.63, 3.8) is 0 Å². The fourth-order valence-electron chi connectivity index (χ4n) is 5.06. The molecule has 2 fully saturated rings. The second-order valence-corrected chi connectivity index (χ2v) is 8.94. The van der Waals surface area contributed by atoms with E-state index in [0.29, 0.717) is 12.8 Å². The summed E-state index contributed by atoms with van der Waals surface area (Å²) in [5, 5.41) is 3.89. The van der Waals surface area contributed by atoms with Crippen molar-refractivity contribution in [3.05, 3.63) is 54.1 Å². The van der Waals surface area contributed by atoms with E-state index in [-0.39, 0.29) is 0 Å². The molecule has 5 heteroatoms. The lowest BCUT2D eigenvalue weighted by atomic mass is 9.96. The lowest BCUT2D eigenvalue weighted by Gasteiger charge is -2.36. The number of ether oxygens (including phenoxy) is 2. The first-order chi connectivity index (χ1) is 14.8. The number of anilines is 1. The van der Waals surface area contributed by atoms with Gasteiger partial charge in [0.1, 0.15) is 0 Å². The standard InChI is InChI=1S/C25H33N3O2/c1-2-5-20(6-3-1)17-27-12-4-7-21(18-27)16-26-22-10-13-28(14-11-22)23-8-9-24-25(15-23)30-19-29-24/h1-3,5-6,8-9,15,21-22,26H,4,7,10-14,16-19H2/t21-/m1/s1. The van der Waals surface area contributed by atoms with Gasteiger partial charge in [0.2, 0.25) is 6.79 Å². The molecule has 5 rings (SSSR count). The lowest BCUT2D eigenvalue weighted by Crippen LogP contribution is -2.46. The minimum atomic E-state index is 0.342. The Morgan fingerprint density at radius 1 is 0.900 bits per heavy atom. The molecule has 2 aromatic rings. The monoisotopic (exact) mass is 407 g/mol. The van der Waals surface area contributed by atoms with Crippen LogP contribution in [-0.4, -0.2) is 50.5 Å². The zero-order valence-corrected chi connectivity index (χ0v) is 17.8. The van der Waals surface area contributed by atoms with Crippen LogP contribution in [0.15, 0.2) is 48.5 Å². The van der Waals surface area contributed by atoms with Crippen LogP contribution >= 0.6 is 0 Å². The van der Waals surface area contributed by atoms with E-state index in [2.05, 4.69) is 57.6 Å². The molecule has 0 amide bonds. The van der Waals surface area contributed by atoms with E-state index in [0.717, 1.165) is 43.6 Å². The van der Waals surface area contributed by atoms with Gasteiger partial charge in [-0.05, 0) is 62.4 Å². The molecule has 2 saturated heterocycles. The molecule has 0 bridgehead atoms. The van der Waals surface area contributed by atoms with Crippen LogP contribution in [-0.2, 0) is 6.54 Å². The van der Waals surface area contributed by atoms with Crippen LogP contribution in [0.2, 0.25) is 0 Å². The fraction of sp³-hybridized carbons (Fsp3) is 0.520. The maximum Gasteiger partial charge on any atom is 0.231 e. The third-order valence-corrected chi connectivity index (χ3v) is 6.76. The van der Waals surface area contributed by atoms with Crippen molar-refractivity contribution in [1.29, 1.82) is 0 Å². The maximum atomic E-state index is 5.54. The van der Waals surface area contributed by atoms with Crippen LogP contribution in [0.25, 0.3) is 0 Å². The van der Waals surface area contributed by atoms with Gasteiger partial charge in [-0.3, -0.25) is 4.90 Å². The Morgan fingerprint density at radius 2 is 1.73 bits per heavy atom. The van der Waals surface area contributed by atoms with E-state index < -0.39 is 0 Å². The van der Waals surface area contributed by atoms with Crippen LogP contribution in [0, 0.1) is 5.92 Å². The average molecular weight is 408 g/mol. The smallest absolute Gasteiger partial charge is 0.231 e. The number of nitrogens with one attached hydrogen (secondary N) is 1. The van der Waals surface area contributed by atoms with Crippen molar-refractivity contribution >= 4 is 5.69 Å². The molecular weight excluding hydrogens is 374 g/mol. The van der Waals surface area contributed by atoms with Crippen LogP contribution in [0.5, 0.6) is 11.5 Å². The van der Waals surface area contributed by atoms with Gasteiger partial charge in [0, 0.05) is 44.0 Å². The molecule has 3 aliphatic rings. The molecule has 30 heavy (non-hydrogen) atoms. The van der Waals surface area contributed by atoms with E-state index in [1.54, 1.807) is 0 Å². The van der Waals surface area contributed by atoms with Crippen LogP contribution < -0.4 is 19.7 Å². The Kier molecular flexibility index (Phi) is 6.09. The molecule has 160 valence electrons. The van der Waals surface area contributed by atoms with Crippen molar-refractivity contribution in [2.75, 3.05) is 44.4 Å². The quantitative estimate of drug-likeness (QED) is 0.786. The van der Waals surface area contributed by atoms with Gasteiger partial charge in [-0.15, -0.1) is 0 Å². The third kappa shape index (κ3) is 4.73. The topological polar surface area (TPSA) is 37.0 Å². The number of fused-ring (bicyclic) bond motifs is 1. The fourth-order valence-corrected chi connectivity index (χ4v) is 5.06. The SMILES string of the molecule is c1ccc(CN2CCC[C@H](CNC3CCN(c4ccc5c(c4)OCO5)CC3)C2)cc1. The number of benzene rings is 2. The third-order valence-electron chi connectivity index (χ3n) is 6.76. The maximum absolute atomic E-state index is 5.54. The number of piperidine rings is 2. The molecule has 0 saturated carbocycles. The Bertz CT molecular complexity index is 820. The molecule has 0 radical (unpaired) electrons. The Hall–Kier alpha value is -2.24. The van der Waals surface area contributed by atoms with Gasteiger partial charge in [-0.25, -0.2) is 0 Å². The summed E-state index contributed by atoms with van der Waals surface area (Å²) in [6.07, 6.45) is 5.08. The summed E-state index contributed by atoms with van der Waals surface area (Å²) in [7, 11) is 0. The Balaban J connectivity index is 1.06. The van der Waals surface area contributed by atoms with Crippen molar-refractivity contribution in [2.24, 2.45) is 5.92 Å². The summed E-state index contributed by atoms with van der Waals surface area (Å²) >= 11 is 0. The van der Waals surface area contributed by atoms with Crippen molar-refractivity contribution in [3.8, 4) is 11.5 Å². The summed E-state index contributed by atoms with van der Waals surface area (Å²) in [4.78, 5) is 5.11. The van der Waals surface area contributed by atoms with Crippen molar-refractivity contribution in [1.82, 2.24) is 10.2 Å². The van der Waals surface area contributed by atoms with E-state index in [4.69, 9.17) is 9.47 Å². The first-order valence-corrected chi connectivity index (χ1v) is 11.5. The molecule has 5 nitrogen and oxygen atoms in total. The minimum Gasteiger partial charge on any atom is -0.454 e. The van der Waals surface area contributed by atoms with E-state index in [9.17, 15) is 0 Å². The molecule has 0 unspecified atom stereocenters. The van der Waals surface area contributed by atoms with Gasteiger partial charge in [0.05, 0.1) is 0 Å². The molecule has 0 spiro atoms. The van der Waals surface area contributed by atoms with Crippen molar-refractivity contribution < 1.29 is 9.47 Å². The van der Waals surface area contributed by atoms with E-state index in [1.165, 1.54) is 50.0 Å². The molecule has 1 N–H and O–H groups in total. The highest BCUT2D eigenvalue weighted by Crippen LogP contribution is 2.36. The average Bonchev–Trinajstić information content (AvgIpc) is 3.27.